The molecule has 0 atom stereocenters. The SMILES string of the molecule is Cn1ncc2ccc(CN)c(Cl)c21. The van der Waals surface area contributed by atoms with Gasteiger partial charge in [-0.2, -0.15) is 5.10 Å². The average Bonchev–Trinajstić information content (AvgIpc) is 2.49. The molecule has 2 rings (SSSR count). The first-order valence-corrected chi connectivity index (χ1v) is 4.41. The third kappa shape index (κ3) is 1.20. The fourth-order valence-electron chi connectivity index (χ4n) is 1.42. The summed E-state index contributed by atoms with van der Waals surface area (Å²) in [6.45, 7) is 0.458. The summed E-state index contributed by atoms with van der Waals surface area (Å²) in [6.07, 6.45) is 1.79. The molecule has 1 heterocycles. The van der Waals surface area contributed by atoms with Crippen LogP contribution in [0.5, 0.6) is 0 Å². The predicted molar refractivity (Wildman–Crippen MR) is 53.6 cm³/mol. The molecule has 4 heteroatoms. The first-order chi connectivity index (χ1) is 6.24. The smallest absolute Gasteiger partial charge is 0.0868 e. The van der Waals surface area contributed by atoms with Crippen molar-refractivity contribution in [2.45, 2.75) is 6.54 Å². The summed E-state index contributed by atoms with van der Waals surface area (Å²) in [5.41, 5.74) is 7.45. The summed E-state index contributed by atoms with van der Waals surface area (Å²) in [7, 11) is 1.87. The van der Waals surface area contributed by atoms with Crippen LogP contribution in [0.15, 0.2) is 18.3 Å². The number of aromatic nitrogens is 2. The van der Waals surface area contributed by atoms with Crippen molar-refractivity contribution in [3.8, 4) is 0 Å². The Kier molecular flexibility index (Phi) is 1.98. The maximum absolute atomic E-state index is 6.15. The van der Waals surface area contributed by atoms with Gasteiger partial charge in [0, 0.05) is 19.0 Å². The van der Waals surface area contributed by atoms with Crippen molar-refractivity contribution in [3.63, 3.8) is 0 Å². The largest absolute Gasteiger partial charge is 0.326 e. The van der Waals surface area contributed by atoms with Crippen LogP contribution in [0.3, 0.4) is 0 Å². The van der Waals surface area contributed by atoms with Gasteiger partial charge in [-0.15, -0.1) is 0 Å². The number of hydrogen-bond donors (Lipinski definition) is 1. The van der Waals surface area contributed by atoms with Gasteiger partial charge in [-0.1, -0.05) is 23.7 Å². The predicted octanol–water partition coefficient (Wildman–Crippen LogP) is 1.69. The number of nitrogens with zero attached hydrogens (tertiary/aromatic N) is 2. The Morgan fingerprint density at radius 2 is 2.31 bits per heavy atom. The lowest BCUT2D eigenvalue weighted by Gasteiger charge is -2.03. The van der Waals surface area contributed by atoms with E-state index < -0.39 is 0 Å². The van der Waals surface area contributed by atoms with Gasteiger partial charge in [0.15, 0.2) is 0 Å². The van der Waals surface area contributed by atoms with Crippen molar-refractivity contribution >= 4 is 22.5 Å². The molecule has 0 aliphatic carbocycles. The molecule has 0 aliphatic heterocycles. The number of benzene rings is 1. The minimum Gasteiger partial charge on any atom is -0.326 e. The number of rotatable bonds is 1. The molecule has 0 unspecified atom stereocenters. The van der Waals surface area contributed by atoms with Crippen LogP contribution >= 0.6 is 11.6 Å². The van der Waals surface area contributed by atoms with Crippen LogP contribution < -0.4 is 5.73 Å². The zero-order chi connectivity index (χ0) is 9.42. The molecule has 0 radical (unpaired) electrons. The number of halogens is 1. The van der Waals surface area contributed by atoms with Gasteiger partial charge >= 0.3 is 0 Å². The Morgan fingerprint density at radius 1 is 1.54 bits per heavy atom. The molecule has 0 saturated carbocycles. The average molecular weight is 196 g/mol. The second-order valence-corrected chi connectivity index (χ2v) is 3.33. The number of hydrogen-bond acceptors (Lipinski definition) is 2. The third-order valence-electron chi connectivity index (χ3n) is 2.14. The molecular formula is C9H10ClN3. The maximum Gasteiger partial charge on any atom is 0.0868 e. The maximum atomic E-state index is 6.15. The van der Waals surface area contributed by atoms with Gasteiger partial charge in [-0.05, 0) is 5.56 Å². The number of nitrogens with two attached hydrogens (primary N) is 1. The van der Waals surface area contributed by atoms with Crippen molar-refractivity contribution in [3.05, 3.63) is 28.9 Å². The van der Waals surface area contributed by atoms with E-state index in [4.69, 9.17) is 17.3 Å². The summed E-state index contributed by atoms with van der Waals surface area (Å²) in [4.78, 5) is 0. The van der Waals surface area contributed by atoms with E-state index in [1.54, 1.807) is 10.9 Å². The Labute approximate surface area is 81.1 Å². The van der Waals surface area contributed by atoms with Gasteiger partial charge in [-0.25, -0.2) is 0 Å². The minimum atomic E-state index is 0.458. The van der Waals surface area contributed by atoms with Crippen molar-refractivity contribution in [1.29, 1.82) is 0 Å². The van der Waals surface area contributed by atoms with Crippen molar-refractivity contribution in [2.24, 2.45) is 12.8 Å². The van der Waals surface area contributed by atoms with Crippen molar-refractivity contribution in [1.82, 2.24) is 9.78 Å². The van der Waals surface area contributed by atoms with Crippen LogP contribution in [0.2, 0.25) is 5.02 Å². The molecule has 2 N–H and O–H groups in total. The van der Waals surface area contributed by atoms with Crippen LogP contribution in [0, 0.1) is 0 Å². The van der Waals surface area contributed by atoms with E-state index in [-0.39, 0.29) is 0 Å². The van der Waals surface area contributed by atoms with Gasteiger partial charge in [0.2, 0.25) is 0 Å². The van der Waals surface area contributed by atoms with E-state index in [9.17, 15) is 0 Å². The lowest BCUT2D eigenvalue weighted by molar-refractivity contribution is 0.796. The molecule has 0 bridgehead atoms. The van der Waals surface area contributed by atoms with E-state index in [1.165, 1.54) is 0 Å². The standard InChI is InChI=1S/C9H10ClN3/c1-13-9-7(5-12-13)3-2-6(4-11)8(9)10/h2-3,5H,4,11H2,1H3. The van der Waals surface area contributed by atoms with Gasteiger partial charge in [-0.3, -0.25) is 4.68 Å². The fourth-order valence-corrected chi connectivity index (χ4v) is 1.79. The second-order valence-electron chi connectivity index (χ2n) is 2.95. The van der Waals surface area contributed by atoms with Crippen molar-refractivity contribution < 1.29 is 0 Å². The van der Waals surface area contributed by atoms with Crippen LogP contribution in [0.4, 0.5) is 0 Å². The first-order valence-electron chi connectivity index (χ1n) is 4.03. The zero-order valence-corrected chi connectivity index (χ0v) is 8.04. The first kappa shape index (κ1) is 8.53. The van der Waals surface area contributed by atoms with E-state index in [0.717, 1.165) is 16.5 Å². The molecule has 2 aromatic rings. The van der Waals surface area contributed by atoms with E-state index in [2.05, 4.69) is 5.10 Å². The Bertz CT molecular complexity index is 447. The second kappa shape index (κ2) is 3.01. The highest BCUT2D eigenvalue weighted by Gasteiger charge is 2.07. The third-order valence-corrected chi connectivity index (χ3v) is 2.56. The highest BCUT2D eigenvalue weighted by Crippen LogP contribution is 2.26. The van der Waals surface area contributed by atoms with Gasteiger partial charge < -0.3 is 5.73 Å². The monoisotopic (exact) mass is 195 g/mol. The summed E-state index contributed by atoms with van der Waals surface area (Å²) >= 11 is 6.15. The molecule has 3 nitrogen and oxygen atoms in total. The lowest BCUT2D eigenvalue weighted by atomic mass is 10.1. The quantitative estimate of drug-likeness (QED) is 0.753. The van der Waals surface area contributed by atoms with E-state index >= 15 is 0 Å². The molecule has 13 heavy (non-hydrogen) atoms. The van der Waals surface area contributed by atoms with Crippen LogP contribution in [0.1, 0.15) is 5.56 Å². The molecule has 0 amide bonds. The summed E-state index contributed by atoms with van der Waals surface area (Å²) in [5.74, 6) is 0. The van der Waals surface area contributed by atoms with Crippen LogP contribution in [-0.2, 0) is 13.6 Å². The van der Waals surface area contributed by atoms with Gasteiger partial charge in [0.25, 0.3) is 0 Å². The molecule has 0 spiro atoms. The highest BCUT2D eigenvalue weighted by atomic mass is 35.5. The molecule has 0 fully saturated rings. The Hall–Kier alpha value is -1.06. The molecule has 0 aliphatic rings. The Morgan fingerprint density at radius 3 is 3.00 bits per heavy atom. The molecule has 1 aromatic carbocycles. The van der Waals surface area contributed by atoms with E-state index in [1.807, 2.05) is 19.2 Å². The lowest BCUT2D eigenvalue weighted by Crippen LogP contribution is -1.98. The van der Waals surface area contributed by atoms with Gasteiger partial charge in [0.1, 0.15) is 0 Å². The molecule has 1 aromatic heterocycles. The van der Waals surface area contributed by atoms with Crippen LogP contribution in [0.25, 0.3) is 10.9 Å². The fraction of sp³-hybridized carbons (Fsp3) is 0.222. The topological polar surface area (TPSA) is 43.8 Å². The molecular weight excluding hydrogens is 186 g/mol. The highest BCUT2D eigenvalue weighted by molar-refractivity contribution is 6.35. The van der Waals surface area contributed by atoms with Crippen molar-refractivity contribution in [2.75, 3.05) is 0 Å². The number of aryl methyl sites for hydroxylation is 1. The normalized spacial score (nSPS) is 11.0. The molecule has 0 saturated heterocycles. The summed E-state index contributed by atoms with van der Waals surface area (Å²) < 4.78 is 1.76. The van der Waals surface area contributed by atoms with Crippen LogP contribution in [-0.4, -0.2) is 9.78 Å². The molecule has 68 valence electrons. The summed E-state index contributed by atoms with van der Waals surface area (Å²) in [5, 5.41) is 5.88. The Balaban J connectivity index is 2.83. The van der Waals surface area contributed by atoms with E-state index in [0.29, 0.717) is 11.6 Å². The zero-order valence-electron chi connectivity index (χ0n) is 7.29. The summed E-state index contributed by atoms with van der Waals surface area (Å²) in [6, 6.07) is 3.92. The minimum absolute atomic E-state index is 0.458. The number of fused-ring (bicyclic) bond motifs is 1. The van der Waals surface area contributed by atoms with Gasteiger partial charge in [0.05, 0.1) is 16.7 Å².